The van der Waals surface area contributed by atoms with Gasteiger partial charge in [0.05, 0.1) is 10.6 Å². The van der Waals surface area contributed by atoms with Gasteiger partial charge in [0.15, 0.2) is 0 Å². The second-order valence-electron chi connectivity index (χ2n) is 6.31. The van der Waals surface area contributed by atoms with Crippen LogP contribution in [0.5, 0.6) is 0 Å². The van der Waals surface area contributed by atoms with Gasteiger partial charge in [-0.25, -0.2) is 0 Å². The van der Waals surface area contributed by atoms with E-state index in [4.69, 9.17) is 11.6 Å². The second kappa shape index (κ2) is 8.31. The monoisotopic (exact) mass is 337 g/mol. The number of anilines is 1. The van der Waals surface area contributed by atoms with Crippen molar-refractivity contribution >= 4 is 29.1 Å². The van der Waals surface area contributed by atoms with Crippen LogP contribution in [0.4, 0.5) is 5.69 Å². The van der Waals surface area contributed by atoms with Crippen LogP contribution >= 0.6 is 11.6 Å². The van der Waals surface area contributed by atoms with Gasteiger partial charge in [0.2, 0.25) is 5.91 Å². The van der Waals surface area contributed by atoms with Gasteiger partial charge < -0.3 is 16.0 Å². The summed E-state index contributed by atoms with van der Waals surface area (Å²) in [6.45, 7) is 6.40. The molecule has 2 amide bonds. The molecule has 1 aromatic carbocycles. The van der Waals surface area contributed by atoms with E-state index >= 15 is 0 Å². The van der Waals surface area contributed by atoms with Crippen molar-refractivity contribution in [1.82, 2.24) is 10.6 Å². The third-order valence-electron chi connectivity index (χ3n) is 3.86. The second-order valence-corrected chi connectivity index (χ2v) is 6.72. The molecular weight excluding hydrogens is 314 g/mol. The standard InChI is InChI=1S/C17H24ClN3O2/c1-11(2)10-20-17(23)14-4-3-13(9-15(14)18)21-16(22)12-5-7-19-8-6-12/h3-4,9,11-12,19H,5-8,10H2,1-2H3,(H,20,23)(H,21,22). The topological polar surface area (TPSA) is 70.2 Å². The zero-order valence-electron chi connectivity index (χ0n) is 13.6. The number of hydrogen-bond donors (Lipinski definition) is 3. The maximum absolute atomic E-state index is 12.2. The molecule has 23 heavy (non-hydrogen) atoms. The lowest BCUT2D eigenvalue weighted by molar-refractivity contribution is -0.120. The number of rotatable bonds is 5. The lowest BCUT2D eigenvalue weighted by Crippen LogP contribution is -2.34. The molecule has 1 aliphatic heterocycles. The molecule has 126 valence electrons. The van der Waals surface area contributed by atoms with Gasteiger partial charge in [0.25, 0.3) is 5.91 Å². The number of piperidine rings is 1. The Balaban J connectivity index is 1.98. The Morgan fingerprint density at radius 3 is 2.61 bits per heavy atom. The third kappa shape index (κ3) is 5.22. The fraction of sp³-hybridized carbons (Fsp3) is 0.529. The molecule has 0 saturated carbocycles. The van der Waals surface area contributed by atoms with Crippen LogP contribution in [-0.4, -0.2) is 31.4 Å². The number of benzene rings is 1. The van der Waals surface area contributed by atoms with Crippen molar-refractivity contribution < 1.29 is 9.59 Å². The molecule has 1 heterocycles. The van der Waals surface area contributed by atoms with Gasteiger partial charge in [-0.2, -0.15) is 0 Å². The van der Waals surface area contributed by atoms with Gasteiger partial charge in [0, 0.05) is 18.2 Å². The maximum atomic E-state index is 12.2. The summed E-state index contributed by atoms with van der Waals surface area (Å²) in [7, 11) is 0. The predicted octanol–water partition coefficient (Wildman–Crippen LogP) is 2.66. The Bertz CT molecular complexity index is 569. The van der Waals surface area contributed by atoms with Gasteiger partial charge in [-0.15, -0.1) is 0 Å². The van der Waals surface area contributed by atoms with Crippen molar-refractivity contribution in [3.63, 3.8) is 0 Å². The first-order valence-corrected chi connectivity index (χ1v) is 8.44. The fourth-order valence-corrected chi connectivity index (χ4v) is 2.76. The zero-order valence-corrected chi connectivity index (χ0v) is 14.4. The van der Waals surface area contributed by atoms with Crippen molar-refractivity contribution in [3.8, 4) is 0 Å². The number of carbonyl (C=O) groups excluding carboxylic acids is 2. The Labute approximate surface area is 142 Å². The molecule has 0 radical (unpaired) electrons. The molecule has 1 aliphatic rings. The summed E-state index contributed by atoms with van der Waals surface area (Å²) in [5.41, 5.74) is 1.05. The highest BCUT2D eigenvalue weighted by Gasteiger charge is 2.21. The number of halogens is 1. The Morgan fingerprint density at radius 1 is 1.30 bits per heavy atom. The average Bonchev–Trinajstić information content (AvgIpc) is 2.53. The molecule has 6 heteroatoms. The van der Waals surface area contributed by atoms with Gasteiger partial charge in [0.1, 0.15) is 0 Å². The summed E-state index contributed by atoms with van der Waals surface area (Å²) in [5, 5.41) is 9.30. The minimum Gasteiger partial charge on any atom is -0.352 e. The van der Waals surface area contributed by atoms with Crippen molar-refractivity contribution in [2.45, 2.75) is 26.7 Å². The van der Waals surface area contributed by atoms with Crippen LogP contribution in [-0.2, 0) is 4.79 Å². The summed E-state index contributed by atoms with van der Waals surface area (Å²) in [6, 6.07) is 5.00. The van der Waals surface area contributed by atoms with E-state index in [-0.39, 0.29) is 17.7 Å². The van der Waals surface area contributed by atoms with Crippen LogP contribution < -0.4 is 16.0 Å². The van der Waals surface area contributed by atoms with E-state index in [1.807, 2.05) is 13.8 Å². The van der Waals surface area contributed by atoms with Crippen LogP contribution in [0.1, 0.15) is 37.0 Å². The van der Waals surface area contributed by atoms with Gasteiger partial charge in [-0.1, -0.05) is 25.4 Å². The molecule has 1 fully saturated rings. The summed E-state index contributed by atoms with van der Waals surface area (Å²) >= 11 is 6.19. The highest BCUT2D eigenvalue weighted by Crippen LogP contribution is 2.22. The average molecular weight is 338 g/mol. The van der Waals surface area contributed by atoms with E-state index in [0.29, 0.717) is 28.7 Å². The highest BCUT2D eigenvalue weighted by molar-refractivity contribution is 6.34. The van der Waals surface area contributed by atoms with Gasteiger partial charge in [-0.3, -0.25) is 9.59 Å². The smallest absolute Gasteiger partial charge is 0.252 e. The van der Waals surface area contributed by atoms with Crippen molar-refractivity contribution in [2.75, 3.05) is 25.0 Å². The largest absolute Gasteiger partial charge is 0.352 e. The molecule has 0 spiro atoms. The SMILES string of the molecule is CC(C)CNC(=O)c1ccc(NC(=O)C2CCNCC2)cc1Cl. The fourth-order valence-electron chi connectivity index (χ4n) is 2.50. The first-order valence-electron chi connectivity index (χ1n) is 8.06. The van der Waals surface area contributed by atoms with E-state index in [2.05, 4.69) is 16.0 Å². The minimum absolute atomic E-state index is 0.0135. The Kier molecular flexibility index (Phi) is 6.42. The summed E-state index contributed by atoms with van der Waals surface area (Å²) in [5.74, 6) is 0.227. The van der Waals surface area contributed by atoms with Crippen molar-refractivity contribution in [3.05, 3.63) is 28.8 Å². The number of amides is 2. The summed E-state index contributed by atoms with van der Waals surface area (Å²) in [6.07, 6.45) is 1.69. The van der Waals surface area contributed by atoms with Crippen LogP contribution in [0.2, 0.25) is 5.02 Å². The highest BCUT2D eigenvalue weighted by atomic mass is 35.5. The van der Waals surface area contributed by atoms with E-state index in [0.717, 1.165) is 25.9 Å². The first kappa shape index (κ1) is 17.8. The van der Waals surface area contributed by atoms with Crippen LogP contribution in [0.25, 0.3) is 0 Å². The van der Waals surface area contributed by atoms with E-state index in [1.165, 1.54) is 0 Å². The molecule has 5 nitrogen and oxygen atoms in total. The molecule has 0 unspecified atom stereocenters. The number of hydrogen-bond acceptors (Lipinski definition) is 3. The molecule has 0 atom stereocenters. The lowest BCUT2D eigenvalue weighted by Gasteiger charge is -2.21. The summed E-state index contributed by atoms with van der Waals surface area (Å²) < 4.78 is 0. The van der Waals surface area contributed by atoms with Crippen LogP contribution in [0.15, 0.2) is 18.2 Å². The van der Waals surface area contributed by atoms with Gasteiger partial charge in [-0.05, 0) is 50.0 Å². The van der Waals surface area contributed by atoms with Gasteiger partial charge >= 0.3 is 0 Å². The van der Waals surface area contributed by atoms with Crippen LogP contribution in [0, 0.1) is 11.8 Å². The molecule has 0 aromatic heterocycles. The van der Waals surface area contributed by atoms with Crippen molar-refractivity contribution in [1.29, 1.82) is 0 Å². The third-order valence-corrected chi connectivity index (χ3v) is 4.17. The molecule has 0 bridgehead atoms. The Hall–Kier alpha value is -1.59. The van der Waals surface area contributed by atoms with Crippen molar-refractivity contribution in [2.24, 2.45) is 11.8 Å². The van der Waals surface area contributed by atoms with E-state index in [1.54, 1.807) is 18.2 Å². The first-order chi connectivity index (χ1) is 11.0. The molecular formula is C17H24ClN3O2. The summed E-state index contributed by atoms with van der Waals surface area (Å²) in [4.78, 5) is 24.3. The normalized spacial score (nSPS) is 15.5. The van der Waals surface area contributed by atoms with Crippen LogP contribution in [0.3, 0.4) is 0 Å². The molecule has 1 saturated heterocycles. The maximum Gasteiger partial charge on any atom is 0.252 e. The molecule has 0 aliphatic carbocycles. The van der Waals surface area contributed by atoms with E-state index < -0.39 is 0 Å². The molecule has 2 rings (SSSR count). The molecule has 1 aromatic rings. The lowest BCUT2D eigenvalue weighted by atomic mass is 9.97. The number of nitrogens with one attached hydrogen (secondary N) is 3. The zero-order chi connectivity index (χ0) is 16.8. The minimum atomic E-state index is -0.195. The molecule has 3 N–H and O–H groups in total. The predicted molar refractivity (Wildman–Crippen MR) is 92.8 cm³/mol. The van der Waals surface area contributed by atoms with E-state index in [9.17, 15) is 9.59 Å². The Morgan fingerprint density at radius 2 is 2.00 bits per heavy atom. The number of carbonyl (C=O) groups is 2. The quantitative estimate of drug-likeness (QED) is 0.773.